The van der Waals surface area contributed by atoms with Gasteiger partial charge in [-0.1, -0.05) is 24.3 Å². The van der Waals surface area contributed by atoms with Crippen LogP contribution in [0.4, 0.5) is 0 Å². The Hall–Kier alpha value is -1.82. The van der Waals surface area contributed by atoms with E-state index in [4.69, 9.17) is 0 Å². The number of fused-ring (bicyclic) bond motifs is 2. The van der Waals surface area contributed by atoms with Crippen molar-refractivity contribution in [3.8, 4) is 0 Å². The molecule has 0 bridgehead atoms. The Bertz CT molecular complexity index is 779. The van der Waals surface area contributed by atoms with Crippen molar-refractivity contribution in [2.24, 2.45) is 0 Å². The zero-order valence-corrected chi connectivity index (χ0v) is 13.3. The predicted molar refractivity (Wildman–Crippen MR) is 89.9 cm³/mol. The van der Waals surface area contributed by atoms with Crippen LogP contribution in [0.3, 0.4) is 0 Å². The first-order valence-corrected chi connectivity index (χ1v) is 7.33. The van der Waals surface area contributed by atoms with Crippen molar-refractivity contribution in [2.45, 2.75) is 41.5 Å². The lowest BCUT2D eigenvalue weighted by atomic mass is 9.84. The van der Waals surface area contributed by atoms with Gasteiger partial charge in [0.05, 0.1) is 0 Å². The van der Waals surface area contributed by atoms with Crippen LogP contribution in [-0.4, -0.2) is 0 Å². The van der Waals surface area contributed by atoms with Gasteiger partial charge in [0.15, 0.2) is 0 Å². The van der Waals surface area contributed by atoms with Gasteiger partial charge in [-0.05, 0) is 96.5 Å². The van der Waals surface area contributed by atoms with E-state index in [0.717, 1.165) is 0 Å². The van der Waals surface area contributed by atoms with Gasteiger partial charge in [-0.2, -0.15) is 0 Å². The minimum atomic E-state index is 1.39. The van der Waals surface area contributed by atoms with Crippen molar-refractivity contribution in [1.29, 1.82) is 0 Å². The third kappa shape index (κ3) is 1.54. The Morgan fingerprint density at radius 2 is 0.800 bits per heavy atom. The van der Waals surface area contributed by atoms with E-state index in [1.807, 2.05) is 0 Å². The maximum Gasteiger partial charge on any atom is -0.0111 e. The highest BCUT2D eigenvalue weighted by Crippen LogP contribution is 2.38. The lowest BCUT2D eigenvalue weighted by molar-refractivity contribution is 1.24. The molecule has 0 fully saturated rings. The summed E-state index contributed by atoms with van der Waals surface area (Å²) >= 11 is 0. The monoisotopic (exact) mass is 262 g/mol. The lowest BCUT2D eigenvalue weighted by Gasteiger charge is -2.20. The first kappa shape index (κ1) is 13.2. The average molecular weight is 262 g/mol. The molecule has 0 aliphatic rings. The smallest absolute Gasteiger partial charge is 0.0111 e. The molecule has 0 aromatic heterocycles. The zero-order chi connectivity index (χ0) is 14.6. The fraction of sp³-hybridized carbons (Fsp3) is 0.300. The highest BCUT2D eigenvalue weighted by Gasteiger charge is 2.15. The van der Waals surface area contributed by atoms with Crippen LogP contribution in [-0.2, 0) is 0 Å². The molecule has 0 radical (unpaired) electrons. The summed E-state index contributed by atoms with van der Waals surface area (Å²) in [4.78, 5) is 0. The number of aryl methyl sites for hydroxylation is 4. The molecule has 0 nitrogen and oxygen atoms in total. The van der Waals surface area contributed by atoms with Gasteiger partial charge in [0, 0.05) is 0 Å². The lowest BCUT2D eigenvalue weighted by Crippen LogP contribution is -1.98. The Labute approximate surface area is 121 Å². The molecule has 0 spiro atoms. The average Bonchev–Trinajstić information content (AvgIpc) is 2.46. The molecule has 3 aromatic rings. The second-order valence-corrected chi connectivity index (χ2v) is 6.05. The highest BCUT2D eigenvalue weighted by atomic mass is 14.2. The van der Waals surface area contributed by atoms with Gasteiger partial charge in [0.25, 0.3) is 0 Å². The molecule has 3 aromatic carbocycles. The maximum absolute atomic E-state index is 2.27. The van der Waals surface area contributed by atoms with Crippen molar-refractivity contribution < 1.29 is 0 Å². The summed E-state index contributed by atoms with van der Waals surface area (Å²) in [5, 5.41) is 5.70. The van der Waals surface area contributed by atoms with Crippen molar-refractivity contribution in [3.05, 3.63) is 57.6 Å². The molecular weight excluding hydrogens is 240 g/mol. The van der Waals surface area contributed by atoms with E-state index in [9.17, 15) is 0 Å². The third-order valence-electron chi connectivity index (χ3n) is 5.17. The number of hydrogen-bond acceptors (Lipinski definition) is 0. The number of rotatable bonds is 0. The van der Waals surface area contributed by atoms with Crippen LogP contribution < -0.4 is 0 Å². The minimum absolute atomic E-state index is 1.39. The fourth-order valence-corrected chi connectivity index (χ4v) is 3.66. The van der Waals surface area contributed by atoms with E-state index in [1.54, 1.807) is 0 Å². The normalized spacial score (nSPS) is 11.5. The van der Waals surface area contributed by atoms with E-state index in [1.165, 1.54) is 54.9 Å². The Balaban J connectivity index is 2.74. The van der Waals surface area contributed by atoms with Crippen LogP contribution in [0.5, 0.6) is 0 Å². The second kappa shape index (κ2) is 4.34. The van der Waals surface area contributed by atoms with E-state index >= 15 is 0 Å². The summed E-state index contributed by atoms with van der Waals surface area (Å²) < 4.78 is 0. The molecular formula is C20H22. The van der Waals surface area contributed by atoms with Crippen LogP contribution in [0.15, 0.2) is 24.3 Å². The molecule has 0 aliphatic carbocycles. The van der Waals surface area contributed by atoms with Gasteiger partial charge in [0.2, 0.25) is 0 Å². The van der Waals surface area contributed by atoms with Crippen molar-refractivity contribution in [1.82, 2.24) is 0 Å². The molecule has 3 rings (SSSR count). The highest BCUT2D eigenvalue weighted by molar-refractivity contribution is 6.08. The van der Waals surface area contributed by atoms with Crippen LogP contribution in [0.1, 0.15) is 33.4 Å². The molecule has 0 unspecified atom stereocenters. The van der Waals surface area contributed by atoms with Crippen molar-refractivity contribution in [3.63, 3.8) is 0 Å². The molecule has 0 heteroatoms. The topological polar surface area (TPSA) is 0 Å². The van der Waals surface area contributed by atoms with Crippen molar-refractivity contribution in [2.75, 3.05) is 0 Å². The molecule has 0 heterocycles. The molecule has 0 aliphatic heterocycles. The largest absolute Gasteiger partial charge is 0.0616 e. The number of hydrogen-bond donors (Lipinski definition) is 0. The summed E-state index contributed by atoms with van der Waals surface area (Å²) in [7, 11) is 0. The van der Waals surface area contributed by atoms with Crippen LogP contribution >= 0.6 is 0 Å². The van der Waals surface area contributed by atoms with Gasteiger partial charge >= 0.3 is 0 Å². The van der Waals surface area contributed by atoms with Crippen LogP contribution in [0, 0.1) is 41.5 Å². The summed E-state index contributed by atoms with van der Waals surface area (Å²) in [6.45, 7) is 13.6. The second-order valence-electron chi connectivity index (χ2n) is 6.05. The van der Waals surface area contributed by atoms with Crippen LogP contribution in [0.25, 0.3) is 21.5 Å². The van der Waals surface area contributed by atoms with E-state index in [0.29, 0.717) is 0 Å². The van der Waals surface area contributed by atoms with E-state index in [2.05, 4.69) is 65.8 Å². The molecule has 0 amide bonds. The molecule has 0 saturated carbocycles. The number of benzene rings is 3. The maximum atomic E-state index is 2.27. The fourth-order valence-electron chi connectivity index (χ4n) is 3.66. The first-order chi connectivity index (χ1) is 9.45. The first-order valence-electron chi connectivity index (χ1n) is 7.33. The Morgan fingerprint density at radius 1 is 0.450 bits per heavy atom. The van der Waals surface area contributed by atoms with Gasteiger partial charge < -0.3 is 0 Å². The van der Waals surface area contributed by atoms with Gasteiger partial charge in [0.1, 0.15) is 0 Å². The molecule has 102 valence electrons. The molecule has 0 saturated heterocycles. The van der Waals surface area contributed by atoms with Gasteiger partial charge in [-0.25, -0.2) is 0 Å². The standard InChI is InChI=1S/C20H22/c1-11-12(2)14(4)20-16(6)18-10-8-7-9-17(18)15(5)19(20)13(11)3/h7-10H,1-6H3. The predicted octanol–water partition coefficient (Wildman–Crippen LogP) is 5.84. The van der Waals surface area contributed by atoms with Crippen LogP contribution in [0.2, 0.25) is 0 Å². The minimum Gasteiger partial charge on any atom is -0.0616 e. The summed E-state index contributed by atoms with van der Waals surface area (Å²) in [6.07, 6.45) is 0. The van der Waals surface area contributed by atoms with Gasteiger partial charge in [-0.15, -0.1) is 0 Å². The molecule has 20 heavy (non-hydrogen) atoms. The third-order valence-corrected chi connectivity index (χ3v) is 5.17. The SMILES string of the molecule is Cc1c(C)c(C)c2c(C)c3ccccc3c(C)c2c1C. The van der Waals surface area contributed by atoms with Gasteiger partial charge in [-0.3, -0.25) is 0 Å². The Kier molecular flexibility index (Phi) is 2.86. The van der Waals surface area contributed by atoms with E-state index < -0.39 is 0 Å². The van der Waals surface area contributed by atoms with Crippen molar-refractivity contribution >= 4 is 21.5 Å². The molecule has 0 atom stereocenters. The zero-order valence-electron chi connectivity index (χ0n) is 13.3. The quantitative estimate of drug-likeness (QED) is 0.446. The summed E-state index contributed by atoms with van der Waals surface area (Å²) in [5.41, 5.74) is 8.60. The Morgan fingerprint density at radius 3 is 1.15 bits per heavy atom. The van der Waals surface area contributed by atoms with E-state index in [-0.39, 0.29) is 0 Å². The molecule has 0 N–H and O–H groups in total. The summed E-state index contributed by atoms with van der Waals surface area (Å²) in [6, 6.07) is 8.79. The summed E-state index contributed by atoms with van der Waals surface area (Å²) in [5.74, 6) is 0.